The number of amides is 2. The van der Waals surface area contributed by atoms with E-state index in [2.05, 4.69) is 10.3 Å². The lowest BCUT2D eigenvalue weighted by Gasteiger charge is -2.18. The Balaban J connectivity index is 2.54. The molecule has 0 saturated heterocycles. The fraction of sp³-hybridized carbons (Fsp3) is 0.400. The number of aromatic nitrogens is 1. The largest absolute Gasteiger partial charge is 0.481 e. The van der Waals surface area contributed by atoms with Crippen molar-refractivity contribution < 1.29 is 38.9 Å². The van der Waals surface area contributed by atoms with Crippen LogP contribution in [0.15, 0.2) is 18.3 Å². The van der Waals surface area contributed by atoms with E-state index in [1.54, 1.807) is 6.07 Å². The molecule has 12 heteroatoms. The van der Waals surface area contributed by atoms with E-state index in [9.17, 15) is 23.6 Å². The van der Waals surface area contributed by atoms with Crippen LogP contribution in [-0.4, -0.2) is 62.1 Å². The molecule has 0 aromatic carbocycles. The number of aliphatic carboxylic acids is 3. The van der Waals surface area contributed by atoms with E-state index in [1.807, 2.05) is 5.32 Å². The third-order valence-corrected chi connectivity index (χ3v) is 4.30. The fourth-order valence-electron chi connectivity index (χ4n) is 1.89. The number of hydrogen-bond donors (Lipinski definition) is 5. The van der Waals surface area contributed by atoms with E-state index < -0.39 is 48.4 Å². The predicted molar refractivity (Wildman–Crippen MR) is 91.7 cm³/mol. The van der Waals surface area contributed by atoms with Crippen molar-refractivity contribution in [2.45, 2.75) is 30.7 Å². The summed E-state index contributed by atoms with van der Waals surface area (Å²) in [5.41, 5.74) is 0.584. The molecule has 2 amide bonds. The number of thioether (sulfide) groups is 1. The van der Waals surface area contributed by atoms with E-state index >= 15 is 0 Å². The van der Waals surface area contributed by atoms with E-state index in [-0.39, 0.29) is 17.9 Å². The second kappa shape index (κ2) is 11.0. The topological polar surface area (TPSA) is 166 Å². The number of halogens is 1. The Kier molecular flexibility index (Phi) is 8.99. The van der Waals surface area contributed by atoms with Crippen molar-refractivity contribution in [1.29, 1.82) is 0 Å². The minimum atomic E-state index is -1.47. The highest BCUT2D eigenvalue weighted by molar-refractivity contribution is 7.98. The van der Waals surface area contributed by atoms with Gasteiger partial charge in [-0.3, -0.25) is 4.79 Å². The third-order valence-electron chi connectivity index (χ3n) is 3.20. The van der Waals surface area contributed by atoms with Crippen molar-refractivity contribution in [3.63, 3.8) is 0 Å². The van der Waals surface area contributed by atoms with Gasteiger partial charge in [0.05, 0.1) is 0 Å². The lowest BCUT2D eigenvalue weighted by molar-refractivity contribution is -0.140. The summed E-state index contributed by atoms with van der Waals surface area (Å²) < 4.78 is 13.0. The summed E-state index contributed by atoms with van der Waals surface area (Å²) in [6.45, 7) is 0. The zero-order chi connectivity index (χ0) is 20.4. The highest BCUT2D eigenvalue weighted by Crippen LogP contribution is 2.13. The molecular weight excluding hydrogens is 384 g/mol. The summed E-state index contributed by atoms with van der Waals surface area (Å²) in [7, 11) is 0. The Morgan fingerprint density at radius 2 is 1.74 bits per heavy atom. The molecule has 1 heterocycles. The molecule has 148 valence electrons. The number of rotatable bonds is 11. The number of carboxylic acids is 3. The Morgan fingerprint density at radius 3 is 2.30 bits per heavy atom. The lowest BCUT2D eigenvalue weighted by Crippen LogP contribution is -2.52. The first kappa shape index (κ1) is 22.2. The van der Waals surface area contributed by atoms with Crippen LogP contribution in [0.4, 0.5) is 9.18 Å². The Bertz CT molecular complexity index is 704. The number of nitrogens with zero attached hydrogens (tertiary/aromatic N) is 1. The Labute approximate surface area is 157 Å². The summed E-state index contributed by atoms with van der Waals surface area (Å²) in [6, 6.07) is -1.08. The monoisotopic (exact) mass is 402 g/mol. The van der Waals surface area contributed by atoms with Crippen molar-refractivity contribution in [2.24, 2.45) is 0 Å². The molecule has 5 N–H and O–H groups in total. The van der Waals surface area contributed by atoms with E-state index in [0.717, 1.165) is 11.8 Å². The molecule has 0 bridgehead atoms. The summed E-state index contributed by atoms with van der Waals surface area (Å²) in [5.74, 6) is -4.44. The molecule has 0 aliphatic carbocycles. The van der Waals surface area contributed by atoms with Gasteiger partial charge in [0.1, 0.15) is 12.1 Å². The first-order valence-electron chi connectivity index (χ1n) is 7.61. The van der Waals surface area contributed by atoms with Crippen LogP contribution in [0, 0.1) is 5.95 Å². The average Bonchev–Trinajstić information content (AvgIpc) is 2.57. The summed E-state index contributed by atoms with van der Waals surface area (Å²) >= 11 is 1.12. The number of carboxylic acid groups (broad SMARTS) is 3. The van der Waals surface area contributed by atoms with Gasteiger partial charge in [-0.25, -0.2) is 19.4 Å². The fourth-order valence-corrected chi connectivity index (χ4v) is 2.88. The van der Waals surface area contributed by atoms with Crippen molar-refractivity contribution >= 4 is 35.7 Å². The first-order valence-corrected chi connectivity index (χ1v) is 8.77. The van der Waals surface area contributed by atoms with Gasteiger partial charge in [0.25, 0.3) is 0 Å². The standard InChI is InChI=1S/C15H18FN3O7S/c16-11-5-8(3-4-17-11)6-27-7-10(14(24)25)19-15(26)18-9(13(22)23)1-2-12(20)21/h3-5,9-10H,1-2,6-7H2,(H,20,21)(H,22,23)(H,24,25)(H2,18,19,26)/i16-1. The maximum atomic E-state index is 13.0. The van der Waals surface area contributed by atoms with Gasteiger partial charge >= 0.3 is 23.9 Å². The maximum Gasteiger partial charge on any atom is 0.327 e. The summed E-state index contributed by atoms with van der Waals surface area (Å²) in [5, 5.41) is 30.9. The van der Waals surface area contributed by atoms with Crippen LogP contribution < -0.4 is 10.6 Å². The number of nitrogens with one attached hydrogen (secondary N) is 2. The molecule has 0 spiro atoms. The van der Waals surface area contributed by atoms with Gasteiger partial charge in [0.2, 0.25) is 5.95 Å². The molecule has 0 radical (unpaired) electrons. The Hall–Kier alpha value is -2.89. The first-order chi connectivity index (χ1) is 12.7. The maximum absolute atomic E-state index is 13.0. The molecule has 2 unspecified atom stereocenters. The molecule has 10 nitrogen and oxygen atoms in total. The quantitative estimate of drug-likeness (QED) is 0.332. The second-order valence-corrected chi connectivity index (χ2v) is 6.36. The predicted octanol–water partition coefficient (Wildman–Crippen LogP) is 0.524. The van der Waals surface area contributed by atoms with Crippen LogP contribution in [0.25, 0.3) is 0 Å². The second-order valence-electron chi connectivity index (χ2n) is 5.33. The summed E-state index contributed by atoms with van der Waals surface area (Å²) in [6.07, 6.45) is 0.449. The third kappa shape index (κ3) is 8.85. The minimum Gasteiger partial charge on any atom is -0.481 e. The van der Waals surface area contributed by atoms with Gasteiger partial charge in [-0.05, 0) is 24.1 Å². The van der Waals surface area contributed by atoms with E-state index in [4.69, 9.17) is 15.3 Å². The lowest BCUT2D eigenvalue weighted by atomic mass is 10.1. The zero-order valence-electron chi connectivity index (χ0n) is 13.9. The summed E-state index contributed by atoms with van der Waals surface area (Å²) in [4.78, 5) is 48.0. The highest BCUT2D eigenvalue weighted by atomic mass is 32.2. The molecular formula is C15H18FN3O7S. The minimum absolute atomic E-state index is 0.0560. The van der Waals surface area contributed by atoms with Crippen LogP contribution >= 0.6 is 11.8 Å². The highest BCUT2D eigenvalue weighted by Gasteiger charge is 2.24. The molecule has 0 aliphatic heterocycles. The molecule has 2 atom stereocenters. The van der Waals surface area contributed by atoms with Crippen molar-refractivity contribution in [3.8, 4) is 0 Å². The van der Waals surface area contributed by atoms with Crippen LogP contribution in [0.1, 0.15) is 18.4 Å². The van der Waals surface area contributed by atoms with Gasteiger partial charge in [0, 0.05) is 24.1 Å². The normalized spacial score (nSPS) is 12.6. The van der Waals surface area contributed by atoms with Crippen LogP contribution in [0.5, 0.6) is 0 Å². The number of carbonyl (C=O) groups is 4. The van der Waals surface area contributed by atoms with Crippen LogP contribution in [-0.2, 0) is 20.1 Å². The number of pyridine rings is 1. The van der Waals surface area contributed by atoms with Gasteiger partial charge in [-0.2, -0.15) is 16.2 Å². The smallest absolute Gasteiger partial charge is 0.327 e. The number of urea groups is 1. The molecule has 0 saturated carbocycles. The molecule has 1 aromatic heterocycles. The van der Waals surface area contributed by atoms with Gasteiger partial charge in [-0.15, -0.1) is 0 Å². The van der Waals surface area contributed by atoms with Crippen molar-refractivity contribution in [3.05, 3.63) is 29.8 Å². The molecule has 0 fully saturated rings. The van der Waals surface area contributed by atoms with Crippen LogP contribution in [0.2, 0.25) is 0 Å². The molecule has 0 aliphatic rings. The zero-order valence-corrected chi connectivity index (χ0v) is 14.7. The SMILES string of the molecule is O=C(O)CCC(NC(=O)NC(CSCc1ccnc([18F])c1)C(=O)O)C(=O)O. The van der Waals surface area contributed by atoms with E-state index in [1.165, 1.54) is 12.3 Å². The number of carbonyl (C=O) groups excluding carboxylic acids is 1. The van der Waals surface area contributed by atoms with Gasteiger partial charge in [-0.1, -0.05) is 0 Å². The van der Waals surface area contributed by atoms with Gasteiger partial charge < -0.3 is 26.0 Å². The number of hydrogen-bond acceptors (Lipinski definition) is 6. The Morgan fingerprint density at radius 1 is 1.11 bits per heavy atom. The molecule has 1 rings (SSSR count). The van der Waals surface area contributed by atoms with E-state index in [0.29, 0.717) is 5.56 Å². The van der Waals surface area contributed by atoms with Crippen molar-refractivity contribution in [1.82, 2.24) is 15.6 Å². The van der Waals surface area contributed by atoms with Crippen LogP contribution in [0.3, 0.4) is 0 Å². The molecule has 1 aromatic rings. The van der Waals surface area contributed by atoms with Gasteiger partial charge in [0.15, 0.2) is 0 Å². The van der Waals surface area contributed by atoms with Crippen molar-refractivity contribution in [2.75, 3.05) is 5.75 Å². The molecule has 27 heavy (non-hydrogen) atoms. The average molecular weight is 402 g/mol.